The number of rotatable bonds is 2. The van der Waals surface area contributed by atoms with Gasteiger partial charge in [0.15, 0.2) is 0 Å². The SMILES string of the molecule is CC(C)(C)OC(=O)Cn1c2c(c3cc(N)ccc31)CCC2. The van der Waals surface area contributed by atoms with Crippen molar-refractivity contribution in [2.75, 3.05) is 5.73 Å². The molecular weight excluding hydrogens is 264 g/mol. The maximum Gasteiger partial charge on any atom is 0.326 e. The fourth-order valence-corrected chi connectivity index (χ4v) is 3.18. The molecule has 1 aromatic heterocycles. The molecular formula is C17H22N2O2. The van der Waals surface area contributed by atoms with Gasteiger partial charge in [0.25, 0.3) is 0 Å². The largest absolute Gasteiger partial charge is 0.459 e. The van der Waals surface area contributed by atoms with E-state index in [1.165, 1.54) is 16.6 Å². The Labute approximate surface area is 124 Å². The van der Waals surface area contributed by atoms with Crippen molar-refractivity contribution >= 4 is 22.6 Å². The van der Waals surface area contributed by atoms with Crippen molar-refractivity contribution < 1.29 is 9.53 Å². The van der Waals surface area contributed by atoms with Crippen LogP contribution in [0.4, 0.5) is 5.69 Å². The number of aromatic nitrogens is 1. The molecule has 2 aromatic rings. The molecule has 1 aliphatic rings. The zero-order valence-electron chi connectivity index (χ0n) is 12.9. The first-order chi connectivity index (χ1) is 9.85. The van der Waals surface area contributed by atoms with Crippen molar-refractivity contribution in [1.29, 1.82) is 0 Å². The minimum absolute atomic E-state index is 0.189. The second kappa shape index (κ2) is 4.79. The fourth-order valence-electron chi connectivity index (χ4n) is 3.18. The Balaban J connectivity index is 2.01. The predicted molar refractivity (Wildman–Crippen MR) is 84.2 cm³/mol. The summed E-state index contributed by atoms with van der Waals surface area (Å²) in [7, 11) is 0. The number of hydrogen-bond acceptors (Lipinski definition) is 3. The number of benzene rings is 1. The van der Waals surface area contributed by atoms with Crippen LogP contribution in [0.5, 0.6) is 0 Å². The first kappa shape index (κ1) is 14.0. The third kappa shape index (κ3) is 2.62. The van der Waals surface area contributed by atoms with Crippen LogP contribution in [0.25, 0.3) is 10.9 Å². The number of hydrogen-bond donors (Lipinski definition) is 1. The molecule has 0 saturated carbocycles. The molecule has 0 saturated heterocycles. The molecule has 2 N–H and O–H groups in total. The van der Waals surface area contributed by atoms with Crippen LogP contribution < -0.4 is 5.73 Å². The number of carbonyl (C=O) groups is 1. The lowest BCUT2D eigenvalue weighted by Gasteiger charge is -2.20. The average Bonchev–Trinajstić information content (AvgIpc) is 2.90. The van der Waals surface area contributed by atoms with Gasteiger partial charge in [-0.2, -0.15) is 0 Å². The molecule has 3 rings (SSSR count). The summed E-state index contributed by atoms with van der Waals surface area (Å²) in [6.07, 6.45) is 3.23. The van der Waals surface area contributed by atoms with E-state index in [0.717, 1.165) is 30.5 Å². The van der Waals surface area contributed by atoms with Gasteiger partial charge >= 0.3 is 5.97 Å². The summed E-state index contributed by atoms with van der Waals surface area (Å²) in [5, 5.41) is 1.19. The highest BCUT2D eigenvalue weighted by Gasteiger charge is 2.24. The van der Waals surface area contributed by atoms with Crippen LogP contribution in [-0.4, -0.2) is 16.1 Å². The van der Waals surface area contributed by atoms with E-state index in [0.29, 0.717) is 0 Å². The fraction of sp³-hybridized carbons (Fsp3) is 0.471. The van der Waals surface area contributed by atoms with Gasteiger partial charge in [0, 0.05) is 22.3 Å². The smallest absolute Gasteiger partial charge is 0.326 e. The van der Waals surface area contributed by atoms with Gasteiger partial charge in [-0.1, -0.05) is 0 Å². The number of anilines is 1. The molecule has 21 heavy (non-hydrogen) atoms. The van der Waals surface area contributed by atoms with Crippen molar-refractivity contribution in [3.05, 3.63) is 29.5 Å². The molecule has 0 unspecified atom stereocenters. The number of nitrogens with zero attached hydrogens (tertiary/aromatic N) is 1. The Morgan fingerprint density at radius 1 is 1.33 bits per heavy atom. The summed E-state index contributed by atoms with van der Waals surface area (Å²) >= 11 is 0. The lowest BCUT2D eigenvalue weighted by atomic mass is 10.1. The maximum atomic E-state index is 12.2. The normalized spacial score (nSPS) is 14.4. The molecule has 0 amide bonds. The summed E-state index contributed by atoms with van der Waals surface area (Å²) in [4.78, 5) is 12.2. The molecule has 4 nitrogen and oxygen atoms in total. The minimum Gasteiger partial charge on any atom is -0.459 e. The van der Waals surface area contributed by atoms with E-state index in [-0.39, 0.29) is 12.5 Å². The summed E-state index contributed by atoms with van der Waals surface area (Å²) in [6.45, 7) is 5.95. The first-order valence-electron chi connectivity index (χ1n) is 7.46. The highest BCUT2D eigenvalue weighted by molar-refractivity contribution is 5.90. The molecule has 4 heteroatoms. The van der Waals surface area contributed by atoms with Crippen molar-refractivity contribution in [3.63, 3.8) is 0 Å². The Kier molecular flexibility index (Phi) is 3.19. The molecule has 1 aliphatic carbocycles. The zero-order chi connectivity index (χ0) is 15.2. The monoisotopic (exact) mass is 286 g/mol. The van der Waals surface area contributed by atoms with E-state index in [9.17, 15) is 4.79 Å². The number of nitrogen functional groups attached to an aromatic ring is 1. The average molecular weight is 286 g/mol. The second-order valence-electron chi connectivity index (χ2n) is 6.73. The maximum absolute atomic E-state index is 12.2. The molecule has 0 aliphatic heterocycles. The van der Waals surface area contributed by atoms with Crippen LogP contribution in [0.3, 0.4) is 0 Å². The molecule has 0 spiro atoms. The van der Waals surface area contributed by atoms with Crippen LogP contribution in [0.2, 0.25) is 0 Å². The van der Waals surface area contributed by atoms with E-state index in [2.05, 4.69) is 4.57 Å². The van der Waals surface area contributed by atoms with E-state index >= 15 is 0 Å². The minimum atomic E-state index is -0.451. The molecule has 112 valence electrons. The molecule has 0 fully saturated rings. The van der Waals surface area contributed by atoms with E-state index < -0.39 is 5.60 Å². The summed E-state index contributed by atoms with van der Waals surface area (Å²) in [5.74, 6) is -0.189. The van der Waals surface area contributed by atoms with Gasteiger partial charge in [0.05, 0.1) is 0 Å². The van der Waals surface area contributed by atoms with Gasteiger partial charge in [-0.3, -0.25) is 4.79 Å². The molecule has 0 radical (unpaired) electrons. The second-order valence-corrected chi connectivity index (χ2v) is 6.73. The highest BCUT2D eigenvalue weighted by atomic mass is 16.6. The number of esters is 1. The topological polar surface area (TPSA) is 57.2 Å². The van der Waals surface area contributed by atoms with E-state index in [1.807, 2.05) is 39.0 Å². The Morgan fingerprint density at radius 3 is 2.81 bits per heavy atom. The van der Waals surface area contributed by atoms with Crippen molar-refractivity contribution in [1.82, 2.24) is 4.57 Å². The van der Waals surface area contributed by atoms with Gasteiger partial charge in [-0.25, -0.2) is 0 Å². The lowest BCUT2D eigenvalue weighted by molar-refractivity contribution is -0.155. The number of nitrogens with two attached hydrogens (primary N) is 1. The van der Waals surface area contributed by atoms with Crippen molar-refractivity contribution in [3.8, 4) is 0 Å². The number of fused-ring (bicyclic) bond motifs is 3. The summed E-state index contributed by atoms with van der Waals surface area (Å²) < 4.78 is 7.56. The quantitative estimate of drug-likeness (QED) is 0.682. The van der Waals surface area contributed by atoms with Crippen molar-refractivity contribution in [2.24, 2.45) is 0 Å². The standard InChI is InChI=1S/C17H22N2O2/c1-17(2,3)21-16(20)10-19-14-6-4-5-12(14)13-9-11(18)7-8-15(13)19/h7-9H,4-6,10,18H2,1-3H3. The van der Waals surface area contributed by atoms with Gasteiger partial charge in [0.2, 0.25) is 0 Å². The van der Waals surface area contributed by atoms with Gasteiger partial charge in [-0.05, 0) is 63.8 Å². The first-order valence-corrected chi connectivity index (χ1v) is 7.46. The molecule has 1 aromatic carbocycles. The third-order valence-electron chi connectivity index (χ3n) is 3.86. The summed E-state index contributed by atoms with van der Waals surface area (Å²) in [6, 6.07) is 5.92. The lowest BCUT2D eigenvalue weighted by Crippen LogP contribution is -2.26. The molecule has 1 heterocycles. The van der Waals surface area contributed by atoms with Crippen LogP contribution in [0, 0.1) is 0 Å². The van der Waals surface area contributed by atoms with Gasteiger partial charge in [-0.15, -0.1) is 0 Å². The van der Waals surface area contributed by atoms with Crippen LogP contribution in [0.15, 0.2) is 18.2 Å². The molecule has 0 atom stereocenters. The Bertz CT molecular complexity index is 708. The van der Waals surface area contributed by atoms with E-state index in [1.54, 1.807) is 0 Å². The van der Waals surface area contributed by atoms with E-state index in [4.69, 9.17) is 10.5 Å². The number of ether oxygens (including phenoxy) is 1. The van der Waals surface area contributed by atoms with Gasteiger partial charge in [0.1, 0.15) is 12.1 Å². The van der Waals surface area contributed by atoms with Crippen molar-refractivity contribution in [2.45, 2.75) is 52.2 Å². The third-order valence-corrected chi connectivity index (χ3v) is 3.86. The predicted octanol–water partition coefficient (Wildman–Crippen LogP) is 3.05. The Hall–Kier alpha value is -1.97. The highest BCUT2D eigenvalue weighted by Crippen LogP contribution is 2.34. The van der Waals surface area contributed by atoms with Crippen LogP contribution >= 0.6 is 0 Å². The number of aryl methyl sites for hydroxylation is 1. The van der Waals surface area contributed by atoms with Crippen LogP contribution in [0.1, 0.15) is 38.4 Å². The zero-order valence-corrected chi connectivity index (χ0v) is 12.9. The molecule has 0 bridgehead atoms. The Morgan fingerprint density at radius 2 is 2.10 bits per heavy atom. The van der Waals surface area contributed by atoms with Gasteiger partial charge < -0.3 is 15.0 Å². The summed E-state index contributed by atoms with van der Waals surface area (Å²) in [5.41, 5.74) is 9.93. The number of carbonyl (C=O) groups excluding carboxylic acids is 1. The van der Waals surface area contributed by atoms with Crippen LogP contribution in [-0.2, 0) is 28.9 Å².